The first kappa shape index (κ1) is 17.6. The number of allylic oxidation sites excluding steroid dienone is 1. The summed E-state index contributed by atoms with van der Waals surface area (Å²) in [6.07, 6.45) is 0. The van der Waals surface area contributed by atoms with E-state index in [4.69, 9.17) is 16.3 Å². The summed E-state index contributed by atoms with van der Waals surface area (Å²) in [4.78, 5) is 37.0. The van der Waals surface area contributed by atoms with Crippen molar-refractivity contribution in [2.75, 3.05) is 12.4 Å². The molecule has 2 aliphatic rings. The van der Waals surface area contributed by atoms with E-state index in [2.05, 4.69) is 0 Å². The monoisotopic (exact) mass is 383 g/mol. The van der Waals surface area contributed by atoms with E-state index in [1.54, 1.807) is 30.3 Å². The molecule has 0 radical (unpaired) electrons. The molecule has 7 nitrogen and oxygen atoms in total. The predicted octanol–water partition coefficient (Wildman–Crippen LogP) is 0.891. The molecule has 0 bridgehead atoms. The molecule has 2 heterocycles. The number of amides is 1. The van der Waals surface area contributed by atoms with Crippen molar-refractivity contribution in [1.29, 1.82) is 0 Å². The van der Waals surface area contributed by atoms with Crippen molar-refractivity contribution < 1.29 is 27.5 Å². The van der Waals surface area contributed by atoms with Crippen LogP contribution in [-0.4, -0.2) is 54.1 Å². The summed E-state index contributed by atoms with van der Waals surface area (Å²) >= 11 is 5.86. The van der Waals surface area contributed by atoms with Gasteiger partial charge in [0.2, 0.25) is 11.7 Å². The normalized spacial score (nSPS) is 24.4. The van der Waals surface area contributed by atoms with Crippen LogP contribution in [0.1, 0.15) is 17.3 Å². The highest BCUT2D eigenvalue weighted by atomic mass is 35.5. The van der Waals surface area contributed by atoms with Gasteiger partial charge < -0.3 is 4.74 Å². The Balaban J connectivity index is 2.11. The number of hydrogen-bond acceptors (Lipinski definition) is 6. The van der Waals surface area contributed by atoms with Crippen LogP contribution in [0.3, 0.4) is 0 Å². The SMILES string of the molecule is CC(=O)OCC1=C(C(=O)c2ccccc2)N2C(=O)[C@@H](Cl)[C@H]2S(=O)(=O)C1. The molecule has 3 rings (SSSR count). The lowest BCUT2D eigenvalue weighted by Gasteiger charge is -2.47. The van der Waals surface area contributed by atoms with Crippen molar-refractivity contribution in [3.05, 3.63) is 47.2 Å². The Morgan fingerprint density at radius 3 is 2.52 bits per heavy atom. The predicted molar refractivity (Wildman–Crippen MR) is 88.5 cm³/mol. The molecular weight excluding hydrogens is 370 g/mol. The standard InChI is InChI=1S/C16H14ClNO6S/c1-9(19)24-7-11-8-25(22,23)16-12(17)15(21)18(16)13(11)14(20)10-5-3-2-4-6-10/h2-6,12,16H,7-8H2,1H3/t12-,16-/m1/s1. The van der Waals surface area contributed by atoms with E-state index in [1.165, 1.54) is 6.92 Å². The number of alkyl halides is 1. The van der Waals surface area contributed by atoms with Gasteiger partial charge in [-0.15, -0.1) is 11.6 Å². The molecule has 0 aliphatic carbocycles. The van der Waals surface area contributed by atoms with Crippen LogP contribution in [0, 0.1) is 0 Å². The van der Waals surface area contributed by atoms with Crippen molar-refractivity contribution in [2.24, 2.45) is 0 Å². The number of halogens is 1. The van der Waals surface area contributed by atoms with Gasteiger partial charge >= 0.3 is 5.97 Å². The highest BCUT2D eigenvalue weighted by molar-refractivity contribution is 7.92. The molecule has 132 valence electrons. The van der Waals surface area contributed by atoms with E-state index in [9.17, 15) is 22.8 Å². The van der Waals surface area contributed by atoms with Crippen LogP contribution in [0.15, 0.2) is 41.6 Å². The number of hydrogen-bond donors (Lipinski definition) is 0. The Kier molecular flexibility index (Phi) is 4.42. The van der Waals surface area contributed by atoms with E-state index in [1.807, 2.05) is 0 Å². The summed E-state index contributed by atoms with van der Waals surface area (Å²) in [6.45, 7) is 0.787. The maximum atomic E-state index is 12.9. The second kappa shape index (κ2) is 6.27. The average Bonchev–Trinajstić information content (AvgIpc) is 2.58. The fourth-order valence-electron chi connectivity index (χ4n) is 2.87. The molecule has 1 amide bonds. The molecule has 2 atom stereocenters. The van der Waals surface area contributed by atoms with Gasteiger partial charge in [0, 0.05) is 18.1 Å². The molecule has 2 aliphatic heterocycles. The van der Waals surface area contributed by atoms with Crippen LogP contribution in [-0.2, 0) is 24.2 Å². The number of ether oxygens (including phenoxy) is 1. The number of benzene rings is 1. The molecular formula is C16H14ClNO6S. The summed E-state index contributed by atoms with van der Waals surface area (Å²) in [5, 5.41) is -2.50. The van der Waals surface area contributed by atoms with Crippen LogP contribution < -0.4 is 0 Å². The molecule has 1 saturated heterocycles. The number of rotatable bonds is 4. The Hall–Kier alpha value is -2.19. The third-order valence-corrected chi connectivity index (χ3v) is 6.54. The summed E-state index contributed by atoms with van der Waals surface area (Å²) in [7, 11) is -3.78. The first-order valence-corrected chi connectivity index (χ1v) is 9.53. The van der Waals surface area contributed by atoms with Gasteiger partial charge in [-0.3, -0.25) is 19.3 Å². The lowest BCUT2D eigenvalue weighted by molar-refractivity contribution is -0.140. The maximum Gasteiger partial charge on any atom is 0.302 e. The van der Waals surface area contributed by atoms with Gasteiger partial charge in [0.05, 0.1) is 11.4 Å². The highest BCUT2D eigenvalue weighted by Gasteiger charge is 2.59. The summed E-state index contributed by atoms with van der Waals surface area (Å²) in [6, 6.07) is 8.14. The minimum absolute atomic E-state index is 0.0669. The fraction of sp³-hybridized carbons (Fsp3) is 0.312. The summed E-state index contributed by atoms with van der Waals surface area (Å²) in [5.74, 6) is -2.29. The fourth-order valence-corrected chi connectivity index (χ4v) is 5.45. The van der Waals surface area contributed by atoms with Crippen molar-refractivity contribution in [3.63, 3.8) is 0 Å². The molecule has 1 aromatic carbocycles. The zero-order chi connectivity index (χ0) is 18.4. The Morgan fingerprint density at radius 1 is 1.28 bits per heavy atom. The highest BCUT2D eigenvalue weighted by Crippen LogP contribution is 2.40. The van der Waals surface area contributed by atoms with Crippen LogP contribution >= 0.6 is 11.6 Å². The topological polar surface area (TPSA) is 97.8 Å². The molecule has 1 fully saturated rings. The lowest BCUT2D eigenvalue weighted by atomic mass is 10.00. The quantitative estimate of drug-likeness (QED) is 0.331. The molecule has 0 N–H and O–H groups in total. The van der Waals surface area contributed by atoms with Gasteiger partial charge in [-0.2, -0.15) is 0 Å². The number of sulfone groups is 1. The minimum atomic E-state index is -3.78. The number of esters is 1. The summed E-state index contributed by atoms with van der Waals surface area (Å²) < 4.78 is 29.7. The molecule has 9 heteroatoms. The number of β-lactam (4-membered cyclic amide) rings is 1. The number of carbonyl (C=O) groups is 3. The number of fused-ring (bicyclic) bond motifs is 1. The van der Waals surface area contributed by atoms with E-state index >= 15 is 0 Å². The molecule has 0 aromatic heterocycles. The molecule has 0 saturated carbocycles. The number of ketones is 1. The third kappa shape index (κ3) is 2.96. The zero-order valence-corrected chi connectivity index (χ0v) is 14.7. The third-order valence-electron chi connectivity index (χ3n) is 4.00. The van der Waals surface area contributed by atoms with E-state index in [-0.39, 0.29) is 17.9 Å². The first-order chi connectivity index (χ1) is 11.7. The molecule has 1 aromatic rings. The Labute approximate surface area is 149 Å². The second-order valence-electron chi connectivity index (χ2n) is 5.74. The Bertz CT molecular complexity index is 892. The maximum absolute atomic E-state index is 12.9. The van der Waals surface area contributed by atoms with Gasteiger partial charge in [-0.25, -0.2) is 8.42 Å². The van der Waals surface area contributed by atoms with Gasteiger partial charge in [0.1, 0.15) is 12.0 Å². The molecule has 25 heavy (non-hydrogen) atoms. The van der Waals surface area contributed by atoms with Crippen molar-refractivity contribution in [3.8, 4) is 0 Å². The van der Waals surface area contributed by atoms with Gasteiger partial charge in [-0.1, -0.05) is 30.3 Å². The smallest absolute Gasteiger partial charge is 0.302 e. The number of carbonyl (C=O) groups excluding carboxylic acids is 3. The van der Waals surface area contributed by atoms with Crippen LogP contribution in [0.25, 0.3) is 0 Å². The lowest BCUT2D eigenvalue weighted by Crippen LogP contribution is -2.68. The first-order valence-electron chi connectivity index (χ1n) is 7.38. The second-order valence-corrected chi connectivity index (χ2v) is 8.30. The van der Waals surface area contributed by atoms with E-state index in [0.29, 0.717) is 5.56 Å². The van der Waals surface area contributed by atoms with Gasteiger partial charge in [0.15, 0.2) is 15.2 Å². The van der Waals surface area contributed by atoms with Gasteiger partial charge in [-0.05, 0) is 0 Å². The Morgan fingerprint density at radius 2 is 1.92 bits per heavy atom. The van der Waals surface area contributed by atoms with Crippen LogP contribution in [0.5, 0.6) is 0 Å². The van der Waals surface area contributed by atoms with Crippen LogP contribution in [0.2, 0.25) is 0 Å². The number of nitrogens with zero attached hydrogens (tertiary/aromatic N) is 1. The summed E-state index contributed by atoms with van der Waals surface area (Å²) in [5.41, 5.74) is 0.285. The van der Waals surface area contributed by atoms with Crippen molar-refractivity contribution in [2.45, 2.75) is 17.7 Å². The number of Topliss-reactive ketones (excluding diaryl/α,β-unsaturated/α-hetero) is 1. The van der Waals surface area contributed by atoms with Gasteiger partial charge in [0.25, 0.3) is 0 Å². The van der Waals surface area contributed by atoms with E-state index in [0.717, 1.165) is 4.90 Å². The zero-order valence-electron chi connectivity index (χ0n) is 13.1. The minimum Gasteiger partial charge on any atom is -0.461 e. The van der Waals surface area contributed by atoms with E-state index < -0.39 is 44.0 Å². The molecule has 0 spiro atoms. The van der Waals surface area contributed by atoms with Crippen molar-refractivity contribution in [1.82, 2.24) is 4.90 Å². The molecule has 0 unspecified atom stereocenters. The largest absolute Gasteiger partial charge is 0.461 e. The average molecular weight is 384 g/mol. The van der Waals surface area contributed by atoms with Crippen molar-refractivity contribution >= 4 is 39.1 Å². The van der Waals surface area contributed by atoms with Crippen LogP contribution in [0.4, 0.5) is 0 Å².